The molecule has 21 heavy (non-hydrogen) atoms. The van der Waals surface area contributed by atoms with E-state index >= 15 is 0 Å². The van der Waals surface area contributed by atoms with Gasteiger partial charge in [0.25, 0.3) is 5.91 Å². The first kappa shape index (κ1) is 13.5. The number of carbonyl (C=O) groups is 1. The Morgan fingerprint density at radius 1 is 1.19 bits per heavy atom. The average molecular weight is 298 g/mol. The average Bonchev–Trinajstić information content (AvgIpc) is 2.50. The highest BCUT2D eigenvalue weighted by Crippen LogP contribution is 2.22. The molecule has 0 bridgehead atoms. The first-order valence-electron chi connectivity index (χ1n) is 6.42. The molecule has 1 N–H and O–H groups in total. The number of halogens is 1. The SMILES string of the molecule is Cc1cnc(Cl)c(NC(=O)c2nccc3ccccc23)c1. The molecule has 5 heteroatoms. The van der Waals surface area contributed by atoms with E-state index in [9.17, 15) is 4.79 Å². The highest BCUT2D eigenvalue weighted by atomic mass is 35.5. The van der Waals surface area contributed by atoms with Crippen LogP contribution in [0.5, 0.6) is 0 Å². The number of nitrogens with zero attached hydrogens (tertiary/aromatic N) is 2. The number of anilines is 1. The van der Waals surface area contributed by atoms with Crippen LogP contribution in [0.2, 0.25) is 5.15 Å². The molecule has 3 rings (SSSR count). The van der Waals surface area contributed by atoms with Gasteiger partial charge in [0.15, 0.2) is 5.15 Å². The summed E-state index contributed by atoms with van der Waals surface area (Å²) in [6.07, 6.45) is 3.27. The molecule has 0 aliphatic carbocycles. The summed E-state index contributed by atoms with van der Waals surface area (Å²) in [6.45, 7) is 1.88. The first-order valence-corrected chi connectivity index (χ1v) is 6.80. The Labute approximate surface area is 126 Å². The summed E-state index contributed by atoms with van der Waals surface area (Å²) >= 11 is 6.00. The van der Waals surface area contributed by atoms with Crippen molar-refractivity contribution in [2.75, 3.05) is 5.32 Å². The van der Waals surface area contributed by atoms with Crippen LogP contribution in [-0.4, -0.2) is 15.9 Å². The largest absolute Gasteiger partial charge is 0.318 e. The van der Waals surface area contributed by atoms with Gasteiger partial charge in [0.2, 0.25) is 0 Å². The van der Waals surface area contributed by atoms with Crippen LogP contribution >= 0.6 is 11.6 Å². The third-order valence-electron chi connectivity index (χ3n) is 3.11. The Balaban J connectivity index is 1.99. The molecule has 0 aliphatic rings. The van der Waals surface area contributed by atoms with Gasteiger partial charge < -0.3 is 5.32 Å². The first-order chi connectivity index (χ1) is 10.1. The lowest BCUT2D eigenvalue weighted by atomic mass is 10.1. The van der Waals surface area contributed by atoms with Crippen molar-refractivity contribution in [3.05, 3.63) is 65.2 Å². The zero-order valence-corrected chi connectivity index (χ0v) is 12.1. The van der Waals surface area contributed by atoms with Gasteiger partial charge in [-0.15, -0.1) is 0 Å². The molecule has 0 aliphatic heterocycles. The van der Waals surface area contributed by atoms with Crippen molar-refractivity contribution in [2.45, 2.75) is 6.92 Å². The van der Waals surface area contributed by atoms with E-state index in [0.29, 0.717) is 11.4 Å². The summed E-state index contributed by atoms with van der Waals surface area (Å²) in [5, 5.41) is 4.79. The Kier molecular flexibility index (Phi) is 3.54. The fourth-order valence-electron chi connectivity index (χ4n) is 2.12. The number of pyridine rings is 2. The number of aryl methyl sites for hydroxylation is 1. The zero-order chi connectivity index (χ0) is 14.8. The molecule has 2 aromatic heterocycles. The highest BCUT2D eigenvalue weighted by molar-refractivity contribution is 6.32. The van der Waals surface area contributed by atoms with Crippen LogP contribution in [0.15, 0.2) is 48.8 Å². The van der Waals surface area contributed by atoms with Gasteiger partial charge in [0.1, 0.15) is 5.69 Å². The van der Waals surface area contributed by atoms with Crippen molar-refractivity contribution in [3.63, 3.8) is 0 Å². The van der Waals surface area contributed by atoms with E-state index in [1.165, 1.54) is 0 Å². The Hall–Kier alpha value is -2.46. The molecule has 4 nitrogen and oxygen atoms in total. The van der Waals surface area contributed by atoms with E-state index in [1.807, 2.05) is 37.3 Å². The molecule has 2 heterocycles. The number of amides is 1. The minimum Gasteiger partial charge on any atom is -0.318 e. The van der Waals surface area contributed by atoms with E-state index in [4.69, 9.17) is 11.6 Å². The fourth-order valence-corrected chi connectivity index (χ4v) is 2.27. The Morgan fingerprint density at radius 2 is 2.00 bits per heavy atom. The minimum atomic E-state index is -0.305. The maximum atomic E-state index is 12.4. The normalized spacial score (nSPS) is 10.6. The van der Waals surface area contributed by atoms with E-state index < -0.39 is 0 Å². The summed E-state index contributed by atoms with van der Waals surface area (Å²) < 4.78 is 0. The Bertz CT molecular complexity index is 827. The summed E-state index contributed by atoms with van der Waals surface area (Å²) in [4.78, 5) is 20.6. The van der Waals surface area contributed by atoms with Crippen LogP contribution in [0.4, 0.5) is 5.69 Å². The molecule has 0 saturated carbocycles. The van der Waals surface area contributed by atoms with Gasteiger partial charge >= 0.3 is 0 Å². The summed E-state index contributed by atoms with van der Waals surface area (Å²) in [6, 6.07) is 11.3. The zero-order valence-electron chi connectivity index (χ0n) is 11.3. The van der Waals surface area contributed by atoms with Crippen molar-refractivity contribution in [2.24, 2.45) is 0 Å². The van der Waals surface area contributed by atoms with Gasteiger partial charge in [-0.05, 0) is 30.0 Å². The second kappa shape index (κ2) is 5.50. The van der Waals surface area contributed by atoms with Crippen molar-refractivity contribution in [1.82, 2.24) is 9.97 Å². The Morgan fingerprint density at radius 3 is 2.86 bits per heavy atom. The molecule has 0 spiro atoms. The van der Waals surface area contributed by atoms with Crippen LogP contribution in [0.3, 0.4) is 0 Å². The van der Waals surface area contributed by atoms with Crippen LogP contribution in [0.1, 0.15) is 16.1 Å². The molecular weight excluding hydrogens is 286 g/mol. The van der Waals surface area contributed by atoms with Gasteiger partial charge in [-0.3, -0.25) is 9.78 Å². The van der Waals surface area contributed by atoms with Gasteiger partial charge in [-0.25, -0.2) is 4.98 Å². The molecule has 3 aromatic rings. The van der Waals surface area contributed by atoms with Crippen LogP contribution in [0.25, 0.3) is 10.8 Å². The van der Waals surface area contributed by atoms with Crippen LogP contribution < -0.4 is 5.32 Å². The fraction of sp³-hybridized carbons (Fsp3) is 0.0625. The summed E-state index contributed by atoms with van der Waals surface area (Å²) in [5.74, 6) is -0.305. The number of nitrogens with one attached hydrogen (secondary N) is 1. The smallest absolute Gasteiger partial charge is 0.274 e. The van der Waals surface area contributed by atoms with E-state index in [2.05, 4.69) is 15.3 Å². The number of carbonyl (C=O) groups excluding carboxylic acids is 1. The highest BCUT2D eigenvalue weighted by Gasteiger charge is 2.13. The number of fused-ring (bicyclic) bond motifs is 1. The van der Waals surface area contributed by atoms with Crippen molar-refractivity contribution in [3.8, 4) is 0 Å². The third kappa shape index (κ3) is 2.71. The number of aromatic nitrogens is 2. The lowest BCUT2D eigenvalue weighted by Gasteiger charge is -2.08. The third-order valence-corrected chi connectivity index (χ3v) is 3.41. The number of hydrogen-bond donors (Lipinski definition) is 1. The number of hydrogen-bond acceptors (Lipinski definition) is 3. The molecule has 1 amide bonds. The number of rotatable bonds is 2. The molecule has 1 aromatic carbocycles. The quantitative estimate of drug-likeness (QED) is 0.731. The predicted molar refractivity (Wildman–Crippen MR) is 83.7 cm³/mol. The number of benzene rings is 1. The molecule has 0 unspecified atom stereocenters. The minimum absolute atomic E-state index is 0.259. The summed E-state index contributed by atoms with van der Waals surface area (Å²) in [7, 11) is 0. The van der Waals surface area contributed by atoms with Gasteiger partial charge in [0.05, 0.1) is 5.69 Å². The van der Waals surface area contributed by atoms with Crippen molar-refractivity contribution < 1.29 is 4.79 Å². The lowest BCUT2D eigenvalue weighted by Crippen LogP contribution is -2.14. The second-order valence-corrected chi connectivity index (χ2v) is 5.04. The molecular formula is C16H12ClN3O. The molecule has 0 atom stereocenters. The predicted octanol–water partition coefficient (Wildman–Crippen LogP) is 3.84. The standard InChI is InChI=1S/C16H12ClN3O/c1-10-8-13(15(17)19-9-10)20-16(21)14-12-5-3-2-4-11(12)6-7-18-14/h2-9H,1H3,(H,20,21). The molecule has 0 fully saturated rings. The van der Waals surface area contributed by atoms with Crippen molar-refractivity contribution in [1.29, 1.82) is 0 Å². The van der Waals surface area contributed by atoms with Gasteiger partial charge in [-0.1, -0.05) is 35.9 Å². The lowest BCUT2D eigenvalue weighted by molar-refractivity contribution is 0.102. The van der Waals surface area contributed by atoms with E-state index in [1.54, 1.807) is 18.5 Å². The molecule has 0 saturated heterocycles. The summed E-state index contributed by atoms with van der Waals surface area (Å²) in [5.41, 5.74) is 1.77. The second-order valence-electron chi connectivity index (χ2n) is 4.69. The maximum absolute atomic E-state index is 12.4. The topological polar surface area (TPSA) is 54.9 Å². The van der Waals surface area contributed by atoms with Gasteiger partial charge in [-0.2, -0.15) is 0 Å². The van der Waals surface area contributed by atoms with Gasteiger partial charge in [0, 0.05) is 17.8 Å². The van der Waals surface area contributed by atoms with E-state index in [0.717, 1.165) is 16.3 Å². The molecule has 104 valence electrons. The van der Waals surface area contributed by atoms with Crippen LogP contribution in [0, 0.1) is 6.92 Å². The van der Waals surface area contributed by atoms with Crippen LogP contribution in [-0.2, 0) is 0 Å². The maximum Gasteiger partial charge on any atom is 0.274 e. The van der Waals surface area contributed by atoms with Crippen molar-refractivity contribution >= 4 is 34.0 Å². The molecule has 0 radical (unpaired) electrons. The van der Waals surface area contributed by atoms with E-state index in [-0.39, 0.29) is 11.1 Å². The monoisotopic (exact) mass is 297 g/mol.